The lowest BCUT2D eigenvalue weighted by molar-refractivity contribution is -0.147. The Hall–Kier alpha value is -1.20. The second-order valence-corrected chi connectivity index (χ2v) is 3.04. The maximum atomic E-state index is 11.2. The van der Waals surface area contributed by atoms with Crippen LogP contribution in [0.25, 0.3) is 0 Å². The molecule has 0 aromatic heterocycles. The van der Waals surface area contributed by atoms with E-state index in [-0.39, 0.29) is 25.0 Å². The van der Waals surface area contributed by atoms with Crippen LogP contribution in [0.3, 0.4) is 0 Å². The Morgan fingerprint density at radius 1 is 1.47 bits per heavy atom. The Morgan fingerprint density at radius 3 is 2.67 bits per heavy atom. The molecule has 1 amide bonds. The number of rotatable bonds is 6. The van der Waals surface area contributed by atoms with Gasteiger partial charge >= 0.3 is 19.5 Å². The van der Waals surface area contributed by atoms with Gasteiger partial charge in [0.15, 0.2) is 0 Å². The molecule has 0 aliphatic carbocycles. The molecule has 0 bridgehead atoms. The third-order valence-corrected chi connectivity index (χ3v) is 1.86. The molecule has 0 heterocycles. The first-order chi connectivity index (χ1) is 7.11. The van der Waals surface area contributed by atoms with Crippen LogP contribution in [0, 0.1) is 5.92 Å². The van der Waals surface area contributed by atoms with Gasteiger partial charge in [0, 0.05) is 0 Å². The molecule has 85 valence electrons. The van der Waals surface area contributed by atoms with E-state index in [0.717, 1.165) is 6.42 Å². The van der Waals surface area contributed by atoms with E-state index in [4.69, 9.17) is 4.74 Å². The molecule has 0 aliphatic heterocycles. The third-order valence-electron chi connectivity index (χ3n) is 1.86. The van der Waals surface area contributed by atoms with Gasteiger partial charge in [0.25, 0.3) is 0 Å². The highest BCUT2D eigenvalue weighted by Crippen LogP contribution is 2.02. The Kier molecular flexibility index (Phi) is 7.49. The summed E-state index contributed by atoms with van der Waals surface area (Å²) in [6, 6.07) is 0. The average Bonchev–Trinajstić information content (AvgIpc) is 2.23. The van der Waals surface area contributed by atoms with Crippen LogP contribution in [0.1, 0.15) is 20.3 Å². The summed E-state index contributed by atoms with van der Waals surface area (Å²) in [6.07, 6.45) is 0.205. The molecule has 0 aromatic rings. The van der Waals surface area contributed by atoms with Crippen molar-refractivity contribution in [3.8, 4) is 0 Å². The van der Waals surface area contributed by atoms with Crippen molar-refractivity contribution in [2.24, 2.45) is 5.92 Å². The van der Waals surface area contributed by atoms with Gasteiger partial charge in [-0.15, -0.1) is 0 Å². The number of amides is 1. The highest BCUT2D eigenvalue weighted by molar-refractivity contribution is 6.28. The highest BCUT2D eigenvalue weighted by atomic mass is 16.5. The molecule has 0 aliphatic rings. The molecule has 1 radical (unpaired) electrons. The minimum Gasteiger partial charge on any atom is -0.524 e. The first kappa shape index (κ1) is 13.8. The standard InChI is InChI=1S/C9H17BNO4/c1-4-7(2)8(12)14-6-5-11-9(13)15-10-3/h7H,4-6H2,1-3H3,(H,11,13). The van der Waals surface area contributed by atoms with Crippen LogP contribution >= 0.6 is 0 Å². The summed E-state index contributed by atoms with van der Waals surface area (Å²) in [7, 11) is 1.28. The molecule has 0 rings (SSSR count). The summed E-state index contributed by atoms with van der Waals surface area (Å²) in [4.78, 5) is 21.9. The summed E-state index contributed by atoms with van der Waals surface area (Å²) in [5, 5.41) is 2.43. The van der Waals surface area contributed by atoms with Crippen LogP contribution < -0.4 is 5.32 Å². The van der Waals surface area contributed by atoms with Crippen molar-refractivity contribution in [2.75, 3.05) is 13.2 Å². The number of carbonyl (C=O) groups is 2. The van der Waals surface area contributed by atoms with Crippen LogP contribution in [0.5, 0.6) is 0 Å². The maximum Gasteiger partial charge on any atom is 0.389 e. The summed E-state index contributed by atoms with van der Waals surface area (Å²) in [5.74, 6) is -0.337. The van der Waals surface area contributed by atoms with Crippen molar-refractivity contribution in [3.63, 3.8) is 0 Å². The van der Waals surface area contributed by atoms with Gasteiger partial charge in [-0.05, 0) is 13.2 Å². The molecule has 1 N–H and O–H groups in total. The molecular formula is C9H17BNO4. The first-order valence-electron chi connectivity index (χ1n) is 5.00. The highest BCUT2D eigenvalue weighted by Gasteiger charge is 2.11. The van der Waals surface area contributed by atoms with Gasteiger partial charge in [-0.3, -0.25) is 4.79 Å². The Labute approximate surface area is 90.8 Å². The van der Waals surface area contributed by atoms with Crippen molar-refractivity contribution < 1.29 is 19.0 Å². The monoisotopic (exact) mass is 214 g/mol. The number of carbonyl (C=O) groups excluding carboxylic acids is 2. The zero-order valence-electron chi connectivity index (χ0n) is 9.41. The molecule has 1 unspecified atom stereocenters. The fourth-order valence-electron chi connectivity index (χ4n) is 0.762. The normalized spacial score (nSPS) is 11.4. The van der Waals surface area contributed by atoms with Crippen LogP contribution in [-0.2, 0) is 14.2 Å². The first-order valence-corrected chi connectivity index (χ1v) is 5.00. The molecule has 0 saturated carbocycles. The van der Waals surface area contributed by atoms with E-state index in [1.54, 1.807) is 13.7 Å². The predicted molar refractivity (Wildman–Crippen MR) is 56.5 cm³/mol. The fourth-order valence-corrected chi connectivity index (χ4v) is 0.762. The van der Waals surface area contributed by atoms with Gasteiger partial charge < -0.3 is 14.7 Å². The SMILES string of the molecule is C[B]OC(=O)NCCOC(=O)C(C)CC. The van der Waals surface area contributed by atoms with Crippen molar-refractivity contribution >= 4 is 19.5 Å². The lowest BCUT2D eigenvalue weighted by Crippen LogP contribution is -2.29. The average molecular weight is 214 g/mol. The van der Waals surface area contributed by atoms with Gasteiger partial charge in [0.2, 0.25) is 0 Å². The number of nitrogens with one attached hydrogen (secondary N) is 1. The number of hydrogen-bond acceptors (Lipinski definition) is 4. The lowest BCUT2D eigenvalue weighted by Gasteiger charge is -2.09. The Bertz CT molecular complexity index is 210. The minimum absolute atomic E-state index is 0.0964. The van der Waals surface area contributed by atoms with Gasteiger partial charge in [-0.2, -0.15) is 0 Å². The van der Waals surface area contributed by atoms with E-state index in [9.17, 15) is 9.59 Å². The van der Waals surface area contributed by atoms with Crippen molar-refractivity contribution in [3.05, 3.63) is 0 Å². The van der Waals surface area contributed by atoms with Crippen LogP contribution in [0.15, 0.2) is 0 Å². The molecular weight excluding hydrogens is 197 g/mol. The zero-order chi connectivity index (χ0) is 11.7. The van der Waals surface area contributed by atoms with Gasteiger partial charge in [0.1, 0.15) is 6.61 Å². The van der Waals surface area contributed by atoms with E-state index in [0.29, 0.717) is 0 Å². The molecule has 1 atom stereocenters. The lowest BCUT2D eigenvalue weighted by atomic mass is 10.1. The minimum atomic E-state index is -0.544. The topological polar surface area (TPSA) is 64.6 Å². The maximum absolute atomic E-state index is 11.2. The molecule has 0 spiro atoms. The van der Waals surface area contributed by atoms with Crippen molar-refractivity contribution in [1.29, 1.82) is 0 Å². The van der Waals surface area contributed by atoms with Crippen molar-refractivity contribution in [1.82, 2.24) is 5.32 Å². The van der Waals surface area contributed by atoms with Crippen LogP contribution in [-0.4, -0.2) is 32.7 Å². The fraction of sp³-hybridized carbons (Fsp3) is 0.778. The molecule has 0 aromatic carbocycles. The summed E-state index contributed by atoms with van der Waals surface area (Å²) >= 11 is 0. The largest absolute Gasteiger partial charge is 0.524 e. The number of ether oxygens (including phenoxy) is 1. The molecule has 0 saturated heterocycles. The number of hydrogen-bond donors (Lipinski definition) is 1. The quantitative estimate of drug-likeness (QED) is 0.406. The van der Waals surface area contributed by atoms with Crippen molar-refractivity contribution in [2.45, 2.75) is 27.1 Å². The zero-order valence-corrected chi connectivity index (χ0v) is 9.41. The smallest absolute Gasteiger partial charge is 0.389 e. The molecule has 6 heteroatoms. The summed E-state index contributed by atoms with van der Waals surface area (Å²) < 4.78 is 9.41. The second kappa shape index (κ2) is 8.14. The molecule has 15 heavy (non-hydrogen) atoms. The van der Waals surface area contributed by atoms with Gasteiger partial charge in [0.05, 0.1) is 12.5 Å². The van der Waals surface area contributed by atoms with E-state index < -0.39 is 6.09 Å². The summed E-state index contributed by atoms with van der Waals surface area (Å²) in [5.41, 5.74) is 0. The van der Waals surface area contributed by atoms with Crippen LogP contribution in [0.2, 0.25) is 6.82 Å². The third kappa shape index (κ3) is 6.82. The Balaban J connectivity index is 3.46. The number of esters is 1. The van der Waals surface area contributed by atoms with Gasteiger partial charge in [-0.25, -0.2) is 4.79 Å². The van der Waals surface area contributed by atoms with E-state index in [1.165, 1.54) is 7.48 Å². The Morgan fingerprint density at radius 2 is 2.13 bits per heavy atom. The van der Waals surface area contributed by atoms with Gasteiger partial charge in [-0.1, -0.05) is 13.8 Å². The van der Waals surface area contributed by atoms with E-state index in [1.807, 2.05) is 6.92 Å². The van der Waals surface area contributed by atoms with Crippen LogP contribution in [0.4, 0.5) is 4.79 Å². The van der Waals surface area contributed by atoms with E-state index in [2.05, 4.69) is 9.97 Å². The second-order valence-electron chi connectivity index (χ2n) is 3.04. The summed E-state index contributed by atoms with van der Waals surface area (Å²) in [6.45, 7) is 5.74. The van der Waals surface area contributed by atoms with E-state index >= 15 is 0 Å². The predicted octanol–water partition coefficient (Wildman–Crippen LogP) is 0.969. The molecule has 5 nitrogen and oxygen atoms in total. The molecule has 0 fully saturated rings.